The van der Waals surface area contributed by atoms with Crippen molar-refractivity contribution in [3.63, 3.8) is 0 Å². The molecule has 0 unspecified atom stereocenters. The number of nitrogens with one attached hydrogen (secondary N) is 1. The normalized spacial score (nSPS) is 19.9. The molecule has 90 valence electrons. The van der Waals surface area contributed by atoms with Gasteiger partial charge in [0.05, 0.1) is 5.75 Å². The van der Waals surface area contributed by atoms with E-state index in [0.29, 0.717) is 17.7 Å². The van der Waals surface area contributed by atoms with Crippen molar-refractivity contribution in [2.24, 2.45) is 5.41 Å². The summed E-state index contributed by atoms with van der Waals surface area (Å²) in [5.74, 6) is 0.614. The van der Waals surface area contributed by atoms with Gasteiger partial charge in [-0.05, 0) is 24.7 Å². The van der Waals surface area contributed by atoms with Gasteiger partial charge in [0, 0.05) is 18.8 Å². The molecule has 0 spiro atoms. The molecule has 0 radical (unpaired) electrons. The zero-order valence-electron chi connectivity index (χ0n) is 9.88. The van der Waals surface area contributed by atoms with Crippen molar-refractivity contribution in [2.45, 2.75) is 39.5 Å². The van der Waals surface area contributed by atoms with Gasteiger partial charge < -0.3 is 5.32 Å². The zero-order chi connectivity index (χ0) is 11.4. The molecule has 15 heavy (non-hydrogen) atoms. The van der Waals surface area contributed by atoms with Crippen molar-refractivity contribution in [3.8, 4) is 0 Å². The summed E-state index contributed by atoms with van der Waals surface area (Å²) >= 11 is 0. The molecule has 4 heteroatoms. The highest BCUT2D eigenvalue weighted by Gasteiger charge is 2.30. The van der Waals surface area contributed by atoms with Crippen LogP contribution in [0.4, 0.5) is 0 Å². The zero-order valence-corrected chi connectivity index (χ0v) is 10.7. The van der Waals surface area contributed by atoms with E-state index in [9.17, 15) is 8.42 Å². The van der Waals surface area contributed by atoms with Crippen LogP contribution in [0.2, 0.25) is 0 Å². The van der Waals surface area contributed by atoms with Crippen LogP contribution in [-0.2, 0) is 9.84 Å². The molecule has 3 nitrogen and oxygen atoms in total. The molecule has 1 aliphatic carbocycles. The van der Waals surface area contributed by atoms with Crippen molar-refractivity contribution in [1.29, 1.82) is 0 Å². The van der Waals surface area contributed by atoms with Crippen molar-refractivity contribution >= 4 is 9.84 Å². The van der Waals surface area contributed by atoms with E-state index in [4.69, 9.17) is 0 Å². The lowest BCUT2D eigenvalue weighted by atomic mass is 9.70. The Balaban J connectivity index is 2.11. The largest absolute Gasteiger partial charge is 0.315 e. The van der Waals surface area contributed by atoms with Crippen molar-refractivity contribution < 1.29 is 8.42 Å². The van der Waals surface area contributed by atoms with Crippen molar-refractivity contribution in [3.05, 3.63) is 0 Å². The van der Waals surface area contributed by atoms with E-state index in [2.05, 4.69) is 12.2 Å². The van der Waals surface area contributed by atoms with Crippen molar-refractivity contribution in [1.82, 2.24) is 5.32 Å². The molecular formula is C11H23NO2S. The predicted molar refractivity (Wildman–Crippen MR) is 63.8 cm³/mol. The Kier molecular flexibility index (Phi) is 4.59. The highest BCUT2D eigenvalue weighted by molar-refractivity contribution is 7.91. The van der Waals surface area contributed by atoms with E-state index in [0.717, 1.165) is 13.0 Å². The van der Waals surface area contributed by atoms with Crippen LogP contribution in [0.25, 0.3) is 0 Å². The average Bonchev–Trinajstić information content (AvgIpc) is 2.09. The third kappa shape index (κ3) is 4.51. The molecule has 0 aromatic rings. The lowest BCUT2D eigenvalue weighted by Crippen LogP contribution is -2.39. The summed E-state index contributed by atoms with van der Waals surface area (Å²) in [6.45, 7) is 5.75. The summed E-state index contributed by atoms with van der Waals surface area (Å²) in [7, 11) is -2.80. The Bertz CT molecular complexity index is 281. The van der Waals surface area contributed by atoms with Gasteiger partial charge in [-0.15, -0.1) is 0 Å². The first-order valence-electron chi connectivity index (χ1n) is 5.89. The second-order valence-electron chi connectivity index (χ2n) is 4.99. The fraction of sp³-hybridized carbons (Fsp3) is 1.00. The number of hydrogen-bond donors (Lipinski definition) is 1. The van der Waals surface area contributed by atoms with Gasteiger partial charge in [-0.3, -0.25) is 0 Å². The summed E-state index contributed by atoms with van der Waals surface area (Å²) < 4.78 is 22.8. The van der Waals surface area contributed by atoms with Gasteiger partial charge in [0.15, 0.2) is 9.84 Å². The first-order chi connectivity index (χ1) is 6.97. The summed E-state index contributed by atoms with van der Waals surface area (Å²) in [5, 5.41) is 3.26. The lowest BCUT2D eigenvalue weighted by Gasteiger charge is -2.38. The smallest absolute Gasteiger partial charge is 0.151 e. The minimum Gasteiger partial charge on any atom is -0.315 e. The molecule has 1 fully saturated rings. The number of rotatable bonds is 7. The maximum atomic E-state index is 11.4. The van der Waals surface area contributed by atoms with Crippen LogP contribution in [0.1, 0.15) is 39.5 Å². The first-order valence-corrected chi connectivity index (χ1v) is 7.71. The quantitative estimate of drug-likeness (QED) is 0.679. The summed E-state index contributed by atoms with van der Waals surface area (Å²) in [5.41, 5.74) is 0.439. The second-order valence-corrected chi connectivity index (χ2v) is 7.30. The van der Waals surface area contributed by atoms with Gasteiger partial charge in [-0.2, -0.15) is 0 Å². The Labute approximate surface area is 93.6 Å². The Morgan fingerprint density at radius 2 is 1.93 bits per heavy atom. The highest BCUT2D eigenvalue weighted by atomic mass is 32.2. The van der Waals surface area contributed by atoms with E-state index in [1.807, 2.05) is 6.92 Å². The first kappa shape index (κ1) is 13.0. The van der Waals surface area contributed by atoms with Crippen LogP contribution in [0, 0.1) is 5.41 Å². The molecule has 0 aromatic heterocycles. The molecule has 1 N–H and O–H groups in total. The van der Waals surface area contributed by atoms with Gasteiger partial charge >= 0.3 is 0 Å². The van der Waals surface area contributed by atoms with Gasteiger partial charge in [-0.25, -0.2) is 8.42 Å². The highest BCUT2D eigenvalue weighted by Crippen LogP contribution is 2.39. The second kappa shape index (κ2) is 5.30. The lowest BCUT2D eigenvalue weighted by molar-refractivity contribution is 0.158. The number of hydrogen-bond acceptors (Lipinski definition) is 3. The van der Waals surface area contributed by atoms with Crippen LogP contribution >= 0.6 is 0 Å². The SMILES string of the molecule is CCCS(=O)(=O)CCNCC1(C)CCC1. The van der Waals surface area contributed by atoms with E-state index >= 15 is 0 Å². The molecule has 1 saturated carbocycles. The molecular weight excluding hydrogens is 210 g/mol. The van der Waals surface area contributed by atoms with Crippen LogP contribution in [0.15, 0.2) is 0 Å². The molecule has 0 aliphatic heterocycles. The van der Waals surface area contributed by atoms with E-state index in [1.54, 1.807) is 0 Å². The minimum atomic E-state index is -2.80. The number of sulfone groups is 1. The monoisotopic (exact) mass is 233 g/mol. The fourth-order valence-corrected chi connectivity index (χ4v) is 3.27. The van der Waals surface area contributed by atoms with Crippen molar-refractivity contribution in [2.75, 3.05) is 24.6 Å². The summed E-state index contributed by atoms with van der Waals surface area (Å²) in [6.07, 6.45) is 4.61. The molecule has 0 aromatic carbocycles. The van der Waals surface area contributed by atoms with E-state index < -0.39 is 9.84 Å². The molecule has 1 rings (SSSR count). The fourth-order valence-electron chi connectivity index (χ4n) is 1.99. The van der Waals surface area contributed by atoms with Crippen LogP contribution in [0.5, 0.6) is 0 Å². The third-order valence-corrected chi connectivity index (χ3v) is 5.07. The third-order valence-electron chi connectivity index (χ3n) is 3.22. The molecule has 0 heterocycles. The topological polar surface area (TPSA) is 46.2 Å². The maximum absolute atomic E-state index is 11.4. The molecule has 0 amide bonds. The average molecular weight is 233 g/mol. The Hall–Kier alpha value is -0.0900. The van der Waals surface area contributed by atoms with Gasteiger partial charge in [0.1, 0.15) is 0 Å². The summed E-state index contributed by atoms with van der Waals surface area (Å²) in [4.78, 5) is 0. The van der Waals surface area contributed by atoms with Crippen LogP contribution in [-0.4, -0.2) is 33.0 Å². The predicted octanol–water partition coefficient (Wildman–Crippen LogP) is 1.59. The van der Waals surface area contributed by atoms with Gasteiger partial charge in [0.2, 0.25) is 0 Å². The van der Waals surface area contributed by atoms with Crippen LogP contribution < -0.4 is 5.32 Å². The standard InChI is InChI=1S/C11H23NO2S/c1-3-8-15(13,14)9-7-12-10-11(2)5-4-6-11/h12H,3-10H2,1-2H3. The minimum absolute atomic E-state index is 0.289. The van der Waals surface area contributed by atoms with Gasteiger partial charge in [-0.1, -0.05) is 20.3 Å². The Morgan fingerprint density at radius 3 is 2.40 bits per heavy atom. The van der Waals surface area contributed by atoms with Crippen LogP contribution in [0.3, 0.4) is 0 Å². The maximum Gasteiger partial charge on any atom is 0.151 e. The Morgan fingerprint density at radius 1 is 1.27 bits per heavy atom. The molecule has 0 saturated heterocycles. The molecule has 0 bridgehead atoms. The van der Waals surface area contributed by atoms with E-state index in [-0.39, 0.29) is 5.75 Å². The van der Waals surface area contributed by atoms with E-state index in [1.165, 1.54) is 19.3 Å². The molecule has 0 atom stereocenters. The molecule has 1 aliphatic rings. The summed E-state index contributed by atoms with van der Waals surface area (Å²) in [6, 6.07) is 0. The van der Waals surface area contributed by atoms with Gasteiger partial charge in [0.25, 0.3) is 0 Å².